The number of aromatic hydroxyl groups is 1. The first-order valence-corrected chi connectivity index (χ1v) is 8.56. The van der Waals surface area contributed by atoms with Crippen LogP contribution in [-0.2, 0) is 0 Å². The zero-order valence-electron chi connectivity index (χ0n) is 12.8. The van der Waals surface area contributed by atoms with E-state index in [1.807, 2.05) is 35.8 Å². The first kappa shape index (κ1) is 15.2. The molecule has 0 radical (unpaired) electrons. The average molecular weight is 330 g/mol. The number of aromatic nitrogens is 1. The molecule has 2 heterocycles. The summed E-state index contributed by atoms with van der Waals surface area (Å²) in [6, 6.07) is 8.25. The highest BCUT2D eigenvalue weighted by Gasteiger charge is 2.20. The molecule has 114 valence electrons. The molecule has 0 amide bonds. The number of para-hydroxylation sites is 1. The van der Waals surface area contributed by atoms with E-state index in [0.717, 1.165) is 33.8 Å². The van der Waals surface area contributed by atoms with Gasteiger partial charge in [-0.05, 0) is 44.6 Å². The van der Waals surface area contributed by atoms with Gasteiger partial charge in [-0.1, -0.05) is 25.1 Å². The largest absolute Gasteiger partial charge is 0.493 e. The van der Waals surface area contributed by atoms with Gasteiger partial charge >= 0.3 is 0 Å². The maximum atomic E-state index is 10.5. The van der Waals surface area contributed by atoms with Gasteiger partial charge in [0.1, 0.15) is 0 Å². The molecule has 0 spiro atoms. The Morgan fingerprint density at radius 1 is 1.41 bits per heavy atom. The van der Waals surface area contributed by atoms with Crippen LogP contribution < -0.4 is 0 Å². The number of fused-ring (bicyclic) bond motifs is 1. The predicted octanol–water partition coefficient (Wildman–Crippen LogP) is 5.60. The summed E-state index contributed by atoms with van der Waals surface area (Å²) in [5.41, 5.74) is 4.11. The van der Waals surface area contributed by atoms with E-state index in [0.29, 0.717) is 3.95 Å². The SMILES string of the molecule is CCC(C)n1c(O)c(/C=C2/C(C)=Nc3ccccc32)sc1=S. The van der Waals surface area contributed by atoms with Gasteiger partial charge in [-0.15, -0.1) is 11.3 Å². The quantitative estimate of drug-likeness (QED) is 0.744. The van der Waals surface area contributed by atoms with Crippen LogP contribution in [-0.4, -0.2) is 15.4 Å². The monoisotopic (exact) mass is 330 g/mol. The fraction of sp³-hybridized carbons (Fsp3) is 0.294. The number of thiazole rings is 1. The number of hydrogen-bond acceptors (Lipinski definition) is 4. The third kappa shape index (κ3) is 2.44. The fourth-order valence-electron chi connectivity index (χ4n) is 2.61. The topological polar surface area (TPSA) is 37.5 Å². The molecular weight excluding hydrogens is 312 g/mol. The fourth-order valence-corrected chi connectivity index (χ4v) is 4.06. The molecule has 1 aromatic heterocycles. The zero-order valence-corrected chi connectivity index (χ0v) is 14.5. The molecule has 1 aliphatic rings. The van der Waals surface area contributed by atoms with Crippen molar-refractivity contribution in [2.75, 3.05) is 0 Å². The Morgan fingerprint density at radius 3 is 2.86 bits per heavy atom. The summed E-state index contributed by atoms with van der Waals surface area (Å²) in [5, 5.41) is 10.5. The van der Waals surface area contributed by atoms with Gasteiger partial charge in [0.05, 0.1) is 10.6 Å². The number of aliphatic imine (C=N–C) groups is 1. The van der Waals surface area contributed by atoms with E-state index in [2.05, 4.69) is 24.9 Å². The van der Waals surface area contributed by atoms with Gasteiger partial charge in [-0.2, -0.15) is 0 Å². The third-order valence-electron chi connectivity index (χ3n) is 4.02. The van der Waals surface area contributed by atoms with Crippen LogP contribution in [0.25, 0.3) is 11.6 Å². The van der Waals surface area contributed by atoms with Crippen molar-refractivity contribution in [3.8, 4) is 5.88 Å². The number of benzene rings is 1. The standard InChI is InChI=1S/C17H18N2OS2/c1-4-10(2)19-16(20)15(22-17(19)21)9-13-11(3)18-14-8-6-5-7-12(13)14/h5-10,20H,4H2,1-3H3/b13-9-. The molecule has 1 N–H and O–H groups in total. The Labute approximate surface area is 139 Å². The lowest BCUT2D eigenvalue weighted by atomic mass is 10.0. The maximum absolute atomic E-state index is 10.5. The number of allylic oxidation sites excluding steroid dienone is 1. The van der Waals surface area contributed by atoms with Crippen molar-refractivity contribution in [1.82, 2.24) is 4.57 Å². The Hall–Kier alpha value is -1.72. The number of hydrogen-bond donors (Lipinski definition) is 1. The maximum Gasteiger partial charge on any atom is 0.210 e. The number of rotatable bonds is 3. The van der Waals surface area contributed by atoms with Gasteiger partial charge in [-0.3, -0.25) is 9.56 Å². The van der Waals surface area contributed by atoms with Crippen molar-refractivity contribution < 1.29 is 5.11 Å². The predicted molar refractivity (Wildman–Crippen MR) is 96.9 cm³/mol. The first-order valence-electron chi connectivity index (χ1n) is 7.34. The second-order valence-electron chi connectivity index (χ2n) is 5.46. The van der Waals surface area contributed by atoms with E-state index in [1.54, 1.807) is 0 Å². The summed E-state index contributed by atoms with van der Waals surface area (Å²) >= 11 is 6.86. The molecular formula is C17H18N2OS2. The summed E-state index contributed by atoms with van der Waals surface area (Å²) in [6.45, 7) is 6.15. The Balaban J connectivity index is 2.11. The molecule has 1 aliphatic heterocycles. The third-order valence-corrected chi connectivity index (χ3v) is 5.36. The summed E-state index contributed by atoms with van der Waals surface area (Å²) in [7, 11) is 0. The van der Waals surface area contributed by atoms with E-state index in [-0.39, 0.29) is 11.9 Å². The number of nitrogens with zero attached hydrogens (tertiary/aromatic N) is 2. The average Bonchev–Trinajstić information content (AvgIpc) is 2.96. The van der Waals surface area contributed by atoms with Crippen LogP contribution in [0.5, 0.6) is 5.88 Å². The summed E-state index contributed by atoms with van der Waals surface area (Å²) in [5.74, 6) is 0.258. The van der Waals surface area contributed by atoms with Gasteiger partial charge in [0, 0.05) is 22.9 Å². The highest BCUT2D eigenvalue weighted by atomic mass is 32.1. The molecule has 0 saturated carbocycles. The Bertz CT molecular complexity index is 843. The lowest BCUT2D eigenvalue weighted by Crippen LogP contribution is -2.02. The Kier molecular flexibility index (Phi) is 4.02. The molecule has 0 saturated heterocycles. The van der Waals surface area contributed by atoms with Crippen LogP contribution in [0.1, 0.15) is 43.7 Å². The highest BCUT2D eigenvalue weighted by Crippen LogP contribution is 2.39. The molecule has 2 aromatic rings. The second-order valence-corrected chi connectivity index (χ2v) is 7.13. The van der Waals surface area contributed by atoms with Gasteiger partial charge < -0.3 is 5.11 Å². The van der Waals surface area contributed by atoms with E-state index in [4.69, 9.17) is 12.2 Å². The van der Waals surface area contributed by atoms with Crippen molar-refractivity contribution in [3.05, 3.63) is 38.7 Å². The smallest absolute Gasteiger partial charge is 0.210 e. The van der Waals surface area contributed by atoms with Crippen LogP contribution in [0.4, 0.5) is 5.69 Å². The second kappa shape index (κ2) is 5.82. The van der Waals surface area contributed by atoms with Gasteiger partial charge in [-0.25, -0.2) is 0 Å². The normalized spacial score (nSPS) is 16.7. The molecule has 22 heavy (non-hydrogen) atoms. The van der Waals surface area contributed by atoms with Crippen LogP contribution in [0.2, 0.25) is 0 Å². The minimum absolute atomic E-state index is 0.196. The van der Waals surface area contributed by atoms with E-state index >= 15 is 0 Å². The van der Waals surface area contributed by atoms with Crippen LogP contribution in [0.3, 0.4) is 0 Å². The lowest BCUT2D eigenvalue weighted by Gasteiger charge is -2.11. The van der Waals surface area contributed by atoms with Gasteiger partial charge in [0.2, 0.25) is 5.88 Å². The lowest BCUT2D eigenvalue weighted by molar-refractivity contribution is 0.384. The van der Waals surface area contributed by atoms with Crippen LogP contribution >= 0.6 is 23.6 Å². The molecule has 0 fully saturated rings. The minimum atomic E-state index is 0.196. The van der Waals surface area contributed by atoms with Gasteiger partial charge in [0.15, 0.2) is 3.95 Å². The van der Waals surface area contributed by atoms with Crippen molar-refractivity contribution in [3.63, 3.8) is 0 Å². The molecule has 0 bridgehead atoms. The van der Waals surface area contributed by atoms with Crippen molar-refractivity contribution in [2.45, 2.75) is 33.2 Å². The summed E-state index contributed by atoms with van der Waals surface area (Å²) in [4.78, 5) is 5.38. The van der Waals surface area contributed by atoms with Crippen molar-refractivity contribution >= 4 is 46.6 Å². The minimum Gasteiger partial charge on any atom is -0.493 e. The van der Waals surface area contributed by atoms with Crippen molar-refractivity contribution in [2.24, 2.45) is 4.99 Å². The molecule has 1 aromatic carbocycles. The molecule has 1 unspecified atom stereocenters. The summed E-state index contributed by atoms with van der Waals surface area (Å²) in [6.07, 6.45) is 2.93. The van der Waals surface area contributed by atoms with E-state index in [9.17, 15) is 5.11 Å². The molecule has 5 heteroatoms. The molecule has 3 rings (SSSR count). The Morgan fingerprint density at radius 2 is 2.14 bits per heavy atom. The molecule has 0 aliphatic carbocycles. The van der Waals surface area contributed by atoms with E-state index < -0.39 is 0 Å². The van der Waals surface area contributed by atoms with Gasteiger partial charge in [0.25, 0.3) is 0 Å². The molecule has 3 nitrogen and oxygen atoms in total. The van der Waals surface area contributed by atoms with Crippen LogP contribution in [0, 0.1) is 3.95 Å². The van der Waals surface area contributed by atoms with Crippen LogP contribution in [0.15, 0.2) is 29.3 Å². The van der Waals surface area contributed by atoms with Crippen molar-refractivity contribution in [1.29, 1.82) is 0 Å². The zero-order chi connectivity index (χ0) is 15.9. The highest BCUT2D eigenvalue weighted by molar-refractivity contribution is 7.73. The summed E-state index contributed by atoms with van der Waals surface area (Å²) < 4.78 is 2.54. The first-order chi connectivity index (χ1) is 10.5. The molecule has 1 atom stereocenters. The van der Waals surface area contributed by atoms with E-state index in [1.165, 1.54) is 11.3 Å².